The Bertz CT molecular complexity index is 907. The molecule has 29 heavy (non-hydrogen) atoms. The smallest absolute Gasteiger partial charge is 0.254 e. The summed E-state index contributed by atoms with van der Waals surface area (Å²) in [5, 5.41) is 5.12. The molecule has 0 bridgehead atoms. The van der Waals surface area contributed by atoms with Gasteiger partial charge in [-0.1, -0.05) is 17.7 Å². The number of amides is 3. The fourth-order valence-electron chi connectivity index (χ4n) is 2.83. The summed E-state index contributed by atoms with van der Waals surface area (Å²) in [6.45, 7) is 1.38. The van der Waals surface area contributed by atoms with E-state index in [4.69, 9.17) is 0 Å². The molecule has 152 valence electrons. The van der Waals surface area contributed by atoms with Crippen molar-refractivity contribution in [1.82, 2.24) is 10.2 Å². The number of benzene rings is 2. The third kappa shape index (κ3) is 5.84. The van der Waals surface area contributed by atoms with Crippen molar-refractivity contribution in [1.29, 1.82) is 0 Å². The summed E-state index contributed by atoms with van der Waals surface area (Å²) in [5.41, 5.74) is 1.51. The minimum absolute atomic E-state index is 0.152. The molecule has 0 aliphatic heterocycles. The summed E-state index contributed by atoms with van der Waals surface area (Å²) in [5.74, 6) is -3.27. The molecular weight excluding hydrogens is 380 g/mol. The van der Waals surface area contributed by atoms with Gasteiger partial charge in [-0.05, 0) is 44.0 Å². The molecule has 1 aliphatic carbocycles. The van der Waals surface area contributed by atoms with Gasteiger partial charge >= 0.3 is 0 Å². The minimum atomic E-state index is -0.860. The predicted molar refractivity (Wildman–Crippen MR) is 103 cm³/mol. The molecule has 3 amide bonds. The molecular formula is C21H21F2N3O3. The number of anilines is 1. The molecule has 1 fully saturated rings. The molecule has 8 heteroatoms. The average molecular weight is 401 g/mol. The van der Waals surface area contributed by atoms with Gasteiger partial charge in [-0.25, -0.2) is 8.78 Å². The van der Waals surface area contributed by atoms with Crippen LogP contribution in [0.3, 0.4) is 0 Å². The molecule has 1 saturated carbocycles. The highest BCUT2D eigenvalue weighted by molar-refractivity contribution is 5.98. The lowest BCUT2D eigenvalue weighted by Gasteiger charge is -2.22. The summed E-state index contributed by atoms with van der Waals surface area (Å²) in [4.78, 5) is 38.1. The van der Waals surface area contributed by atoms with E-state index in [0.717, 1.165) is 17.7 Å². The topological polar surface area (TPSA) is 78.5 Å². The van der Waals surface area contributed by atoms with E-state index in [1.54, 1.807) is 12.1 Å². The molecule has 0 unspecified atom stereocenters. The van der Waals surface area contributed by atoms with Crippen LogP contribution in [0.15, 0.2) is 42.5 Å². The maximum atomic E-state index is 13.4. The maximum absolute atomic E-state index is 13.4. The summed E-state index contributed by atoms with van der Waals surface area (Å²) in [7, 11) is 0. The Morgan fingerprint density at radius 3 is 2.21 bits per heavy atom. The van der Waals surface area contributed by atoms with Crippen LogP contribution in [-0.4, -0.2) is 41.8 Å². The highest BCUT2D eigenvalue weighted by atomic mass is 19.1. The zero-order valence-electron chi connectivity index (χ0n) is 15.9. The van der Waals surface area contributed by atoms with Gasteiger partial charge in [0.25, 0.3) is 5.91 Å². The third-order valence-corrected chi connectivity index (χ3v) is 4.45. The first kappa shape index (κ1) is 20.4. The fraction of sp³-hybridized carbons (Fsp3) is 0.286. The molecule has 1 aliphatic rings. The van der Waals surface area contributed by atoms with Crippen molar-refractivity contribution in [2.45, 2.75) is 25.8 Å². The van der Waals surface area contributed by atoms with Gasteiger partial charge in [-0.2, -0.15) is 0 Å². The fourth-order valence-corrected chi connectivity index (χ4v) is 2.83. The van der Waals surface area contributed by atoms with E-state index < -0.39 is 29.4 Å². The van der Waals surface area contributed by atoms with Gasteiger partial charge in [0.05, 0.1) is 6.54 Å². The molecule has 2 aromatic rings. The van der Waals surface area contributed by atoms with E-state index in [2.05, 4.69) is 10.6 Å². The SMILES string of the molecule is Cc1ccc(NC(=O)CNC(=O)CN(C(=O)c2cc(F)cc(F)c2)C2CC2)cc1. The molecule has 0 aromatic heterocycles. The van der Waals surface area contributed by atoms with Crippen molar-refractivity contribution < 1.29 is 23.2 Å². The van der Waals surface area contributed by atoms with Gasteiger partial charge in [-0.3, -0.25) is 14.4 Å². The summed E-state index contributed by atoms with van der Waals surface area (Å²) < 4.78 is 26.8. The van der Waals surface area contributed by atoms with Gasteiger partial charge < -0.3 is 15.5 Å². The van der Waals surface area contributed by atoms with Crippen LogP contribution in [0.4, 0.5) is 14.5 Å². The van der Waals surface area contributed by atoms with Gasteiger partial charge in [0, 0.05) is 23.4 Å². The van der Waals surface area contributed by atoms with Crippen molar-refractivity contribution in [3.8, 4) is 0 Å². The molecule has 0 radical (unpaired) electrons. The molecule has 0 spiro atoms. The molecule has 3 rings (SSSR count). The lowest BCUT2D eigenvalue weighted by Crippen LogP contribution is -2.44. The quantitative estimate of drug-likeness (QED) is 0.749. The van der Waals surface area contributed by atoms with Crippen molar-refractivity contribution in [3.05, 3.63) is 65.2 Å². The number of hydrogen-bond acceptors (Lipinski definition) is 3. The standard InChI is InChI=1S/C21H21F2N3O3/c1-13-2-4-17(5-3-13)25-19(27)11-24-20(28)12-26(18-6-7-18)21(29)14-8-15(22)10-16(23)9-14/h2-5,8-10,18H,6-7,11-12H2,1H3,(H,24,28)(H,25,27). The van der Waals surface area contributed by atoms with Crippen molar-refractivity contribution in [2.75, 3.05) is 18.4 Å². The van der Waals surface area contributed by atoms with E-state index in [1.807, 2.05) is 19.1 Å². The molecule has 6 nitrogen and oxygen atoms in total. The first-order valence-electron chi connectivity index (χ1n) is 9.22. The number of rotatable bonds is 7. The number of carbonyl (C=O) groups is 3. The van der Waals surface area contributed by atoms with Crippen molar-refractivity contribution >= 4 is 23.4 Å². The van der Waals surface area contributed by atoms with E-state index in [-0.39, 0.29) is 24.7 Å². The second-order valence-electron chi connectivity index (χ2n) is 7.01. The van der Waals surface area contributed by atoms with Gasteiger partial charge in [0.15, 0.2) is 0 Å². The largest absolute Gasteiger partial charge is 0.345 e. The zero-order chi connectivity index (χ0) is 21.0. The molecule has 0 atom stereocenters. The molecule has 0 heterocycles. The molecule has 2 aromatic carbocycles. The second-order valence-corrected chi connectivity index (χ2v) is 7.01. The highest BCUT2D eigenvalue weighted by Crippen LogP contribution is 2.28. The number of carbonyl (C=O) groups excluding carboxylic acids is 3. The van der Waals surface area contributed by atoms with E-state index in [9.17, 15) is 23.2 Å². The second kappa shape index (κ2) is 8.81. The van der Waals surface area contributed by atoms with E-state index >= 15 is 0 Å². The van der Waals surface area contributed by atoms with Crippen molar-refractivity contribution in [3.63, 3.8) is 0 Å². The number of aryl methyl sites for hydroxylation is 1. The van der Waals surface area contributed by atoms with Crippen LogP contribution in [0.1, 0.15) is 28.8 Å². The number of nitrogens with one attached hydrogen (secondary N) is 2. The summed E-state index contributed by atoms with van der Waals surface area (Å²) >= 11 is 0. The Labute approximate surface area is 166 Å². The van der Waals surface area contributed by atoms with E-state index in [0.29, 0.717) is 24.6 Å². The van der Waals surface area contributed by atoms with Crippen LogP contribution < -0.4 is 10.6 Å². The average Bonchev–Trinajstić information content (AvgIpc) is 3.50. The predicted octanol–water partition coefficient (Wildman–Crippen LogP) is 2.63. The summed E-state index contributed by atoms with van der Waals surface area (Å²) in [6.07, 6.45) is 1.43. The van der Waals surface area contributed by atoms with Crippen molar-refractivity contribution in [2.24, 2.45) is 0 Å². The number of hydrogen-bond donors (Lipinski definition) is 2. The van der Waals surface area contributed by atoms with Crippen LogP contribution in [0, 0.1) is 18.6 Å². The normalized spacial score (nSPS) is 12.9. The lowest BCUT2D eigenvalue weighted by molar-refractivity contribution is -0.124. The maximum Gasteiger partial charge on any atom is 0.254 e. The zero-order valence-corrected chi connectivity index (χ0v) is 15.9. The first-order chi connectivity index (χ1) is 13.8. The van der Waals surface area contributed by atoms with E-state index in [1.165, 1.54) is 4.90 Å². The highest BCUT2D eigenvalue weighted by Gasteiger charge is 2.34. The van der Waals surface area contributed by atoms with Crippen LogP contribution in [-0.2, 0) is 9.59 Å². The summed E-state index contributed by atoms with van der Waals surface area (Å²) in [6, 6.07) is 9.60. The Morgan fingerprint density at radius 1 is 1.00 bits per heavy atom. The lowest BCUT2D eigenvalue weighted by atomic mass is 10.2. The van der Waals surface area contributed by atoms with Crippen LogP contribution >= 0.6 is 0 Å². The van der Waals surface area contributed by atoms with Gasteiger partial charge in [0.1, 0.15) is 18.2 Å². The number of halogens is 2. The first-order valence-corrected chi connectivity index (χ1v) is 9.22. The van der Waals surface area contributed by atoms with Crippen LogP contribution in [0.5, 0.6) is 0 Å². The monoisotopic (exact) mass is 401 g/mol. The molecule has 2 N–H and O–H groups in total. The molecule has 0 saturated heterocycles. The number of nitrogens with zero attached hydrogens (tertiary/aromatic N) is 1. The van der Waals surface area contributed by atoms with Crippen LogP contribution in [0.25, 0.3) is 0 Å². The van der Waals surface area contributed by atoms with Crippen LogP contribution in [0.2, 0.25) is 0 Å². The Hall–Kier alpha value is -3.29. The Morgan fingerprint density at radius 2 is 1.62 bits per heavy atom. The Balaban J connectivity index is 1.55. The third-order valence-electron chi connectivity index (χ3n) is 4.45. The Kier molecular flexibility index (Phi) is 6.21. The van der Waals surface area contributed by atoms with Gasteiger partial charge in [0.2, 0.25) is 11.8 Å². The van der Waals surface area contributed by atoms with Gasteiger partial charge in [-0.15, -0.1) is 0 Å². The minimum Gasteiger partial charge on any atom is -0.345 e.